The minimum absolute atomic E-state index is 0.151. The quantitative estimate of drug-likeness (QED) is 0.845. The van der Waals surface area contributed by atoms with Gasteiger partial charge in [0.25, 0.3) is 5.91 Å². The maximum atomic E-state index is 12.9. The van der Waals surface area contributed by atoms with Crippen LogP contribution in [0.2, 0.25) is 5.02 Å². The summed E-state index contributed by atoms with van der Waals surface area (Å²) >= 11 is 6.03. The van der Waals surface area contributed by atoms with E-state index >= 15 is 0 Å². The average molecular weight is 265 g/mol. The SMILES string of the molecule is Cc1cccc(C(=O)Nc2cccc(F)n2)c1Cl. The molecule has 0 aliphatic carbocycles. The number of nitrogens with one attached hydrogen (secondary N) is 1. The van der Waals surface area contributed by atoms with Crippen LogP contribution in [-0.2, 0) is 0 Å². The number of halogens is 2. The summed E-state index contributed by atoms with van der Waals surface area (Å²) in [6, 6.07) is 9.31. The summed E-state index contributed by atoms with van der Waals surface area (Å²) in [6.07, 6.45) is 0. The first kappa shape index (κ1) is 12.5. The molecule has 0 bridgehead atoms. The highest BCUT2D eigenvalue weighted by Crippen LogP contribution is 2.21. The van der Waals surface area contributed by atoms with Gasteiger partial charge in [-0.2, -0.15) is 4.39 Å². The van der Waals surface area contributed by atoms with E-state index in [2.05, 4.69) is 10.3 Å². The second-order valence-electron chi connectivity index (χ2n) is 3.74. The highest BCUT2D eigenvalue weighted by Gasteiger charge is 2.12. The Morgan fingerprint density at radius 3 is 2.72 bits per heavy atom. The van der Waals surface area contributed by atoms with Crippen LogP contribution in [0.1, 0.15) is 15.9 Å². The molecule has 5 heteroatoms. The Morgan fingerprint density at radius 1 is 1.28 bits per heavy atom. The van der Waals surface area contributed by atoms with Crippen molar-refractivity contribution in [1.29, 1.82) is 0 Å². The average Bonchev–Trinajstić information content (AvgIpc) is 2.32. The van der Waals surface area contributed by atoms with Gasteiger partial charge in [0.2, 0.25) is 5.95 Å². The molecule has 2 rings (SSSR count). The van der Waals surface area contributed by atoms with E-state index < -0.39 is 11.9 Å². The molecule has 0 unspecified atom stereocenters. The van der Waals surface area contributed by atoms with Crippen molar-refractivity contribution in [2.45, 2.75) is 6.92 Å². The Labute approximate surface area is 109 Å². The fourth-order valence-electron chi connectivity index (χ4n) is 1.48. The number of hydrogen-bond donors (Lipinski definition) is 1. The fourth-order valence-corrected chi connectivity index (χ4v) is 1.70. The van der Waals surface area contributed by atoms with E-state index in [1.807, 2.05) is 0 Å². The second-order valence-corrected chi connectivity index (χ2v) is 4.11. The lowest BCUT2D eigenvalue weighted by Crippen LogP contribution is -2.14. The normalized spacial score (nSPS) is 10.2. The number of aromatic nitrogens is 1. The zero-order chi connectivity index (χ0) is 13.1. The molecule has 3 nitrogen and oxygen atoms in total. The molecular formula is C13H10ClFN2O. The van der Waals surface area contributed by atoms with Crippen LogP contribution in [0.5, 0.6) is 0 Å². The first-order valence-corrected chi connectivity index (χ1v) is 5.65. The highest BCUT2D eigenvalue weighted by atomic mass is 35.5. The van der Waals surface area contributed by atoms with Crippen molar-refractivity contribution in [2.24, 2.45) is 0 Å². The maximum absolute atomic E-state index is 12.9. The van der Waals surface area contributed by atoms with Gasteiger partial charge >= 0.3 is 0 Å². The van der Waals surface area contributed by atoms with Crippen molar-refractivity contribution in [3.63, 3.8) is 0 Å². The van der Waals surface area contributed by atoms with Crippen LogP contribution < -0.4 is 5.32 Å². The summed E-state index contributed by atoms with van der Waals surface area (Å²) in [5.74, 6) is -0.914. The molecule has 0 spiro atoms. The molecule has 1 amide bonds. The number of anilines is 1. The van der Waals surface area contributed by atoms with E-state index in [4.69, 9.17) is 11.6 Å². The van der Waals surface area contributed by atoms with Gasteiger partial charge in [-0.15, -0.1) is 0 Å². The molecule has 0 saturated carbocycles. The van der Waals surface area contributed by atoms with Gasteiger partial charge in [0, 0.05) is 0 Å². The number of carbonyl (C=O) groups is 1. The lowest BCUT2D eigenvalue weighted by atomic mass is 10.1. The maximum Gasteiger partial charge on any atom is 0.258 e. The molecular weight excluding hydrogens is 255 g/mol. The van der Waals surface area contributed by atoms with Crippen LogP contribution in [0.3, 0.4) is 0 Å². The number of benzene rings is 1. The summed E-state index contributed by atoms with van der Waals surface area (Å²) in [5.41, 5.74) is 1.14. The van der Waals surface area contributed by atoms with Crippen molar-refractivity contribution in [3.8, 4) is 0 Å². The Balaban J connectivity index is 2.25. The first-order valence-electron chi connectivity index (χ1n) is 5.27. The first-order chi connectivity index (χ1) is 8.58. The molecule has 0 aliphatic rings. The topological polar surface area (TPSA) is 42.0 Å². The molecule has 2 aromatic rings. The minimum Gasteiger partial charge on any atom is -0.306 e. The van der Waals surface area contributed by atoms with Gasteiger partial charge in [-0.3, -0.25) is 4.79 Å². The van der Waals surface area contributed by atoms with Crippen molar-refractivity contribution in [2.75, 3.05) is 5.32 Å². The third kappa shape index (κ3) is 2.65. The van der Waals surface area contributed by atoms with E-state index in [-0.39, 0.29) is 5.82 Å². The molecule has 1 aromatic carbocycles. The molecule has 0 atom stereocenters. The summed E-state index contributed by atoms with van der Waals surface area (Å²) in [5, 5.41) is 2.87. The Morgan fingerprint density at radius 2 is 2.00 bits per heavy atom. The third-order valence-corrected chi connectivity index (χ3v) is 2.89. The van der Waals surface area contributed by atoms with Crippen LogP contribution in [0.4, 0.5) is 10.2 Å². The van der Waals surface area contributed by atoms with Crippen LogP contribution in [-0.4, -0.2) is 10.9 Å². The summed E-state index contributed by atoms with van der Waals surface area (Å²) in [6.45, 7) is 1.81. The van der Waals surface area contributed by atoms with E-state index in [0.717, 1.165) is 5.56 Å². The van der Waals surface area contributed by atoms with Crippen molar-refractivity contribution < 1.29 is 9.18 Å². The van der Waals surface area contributed by atoms with Crippen molar-refractivity contribution in [3.05, 3.63) is 58.5 Å². The largest absolute Gasteiger partial charge is 0.306 e. The molecule has 0 saturated heterocycles. The van der Waals surface area contributed by atoms with Crippen molar-refractivity contribution >= 4 is 23.3 Å². The Kier molecular flexibility index (Phi) is 3.58. The predicted octanol–water partition coefficient (Wildman–Crippen LogP) is 3.43. The van der Waals surface area contributed by atoms with Gasteiger partial charge in [-0.05, 0) is 30.7 Å². The number of pyridine rings is 1. The molecule has 92 valence electrons. The van der Waals surface area contributed by atoms with E-state index in [1.165, 1.54) is 18.2 Å². The number of aryl methyl sites for hydroxylation is 1. The third-order valence-electron chi connectivity index (χ3n) is 2.39. The molecule has 0 aliphatic heterocycles. The van der Waals surface area contributed by atoms with Crippen LogP contribution in [0, 0.1) is 12.9 Å². The van der Waals surface area contributed by atoms with Gasteiger partial charge in [0.1, 0.15) is 5.82 Å². The molecule has 1 heterocycles. The van der Waals surface area contributed by atoms with Gasteiger partial charge in [-0.25, -0.2) is 4.98 Å². The molecule has 1 N–H and O–H groups in total. The Bertz CT molecular complexity index is 601. The Hall–Kier alpha value is -1.94. The molecule has 0 radical (unpaired) electrons. The minimum atomic E-state index is -0.650. The predicted molar refractivity (Wildman–Crippen MR) is 68.3 cm³/mol. The summed E-state index contributed by atoms with van der Waals surface area (Å²) in [7, 11) is 0. The van der Waals surface area contributed by atoms with Crippen molar-refractivity contribution in [1.82, 2.24) is 4.98 Å². The van der Waals surface area contributed by atoms with Gasteiger partial charge < -0.3 is 5.32 Å². The number of rotatable bonds is 2. The zero-order valence-corrected chi connectivity index (χ0v) is 10.3. The van der Waals surface area contributed by atoms with Gasteiger partial charge in [0.15, 0.2) is 0 Å². The highest BCUT2D eigenvalue weighted by molar-refractivity contribution is 6.35. The fraction of sp³-hybridized carbons (Fsp3) is 0.0769. The number of amides is 1. The van der Waals surface area contributed by atoms with E-state index in [9.17, 15) is 9.18 Å². The number of carbonyl (C=O) groups excluding carboxylic acids is 1. The monoisotopic (exact) mass is 264 g/mol. The van der Waals surface area contributed by atoms with Crippen LogP contribution in [0.15, 0.2) is 36.4 Å². The second kappa shape index (κ2) is 5.14. The van der Waals surface area contributed by atoms with E-state index in [1.54, 1.807) is 25.1 Å². The van der Waals surface area contributed by atoms with Gasteiger partial charge in [-0.1, -0.05) is 29.8 Å². The van der Waals surface area contributed by atoms with Gasteiger partial charge in [0.05, 0.1) is 10.6 Å². The number of nitrogens with zero attached hydrogens (tertiary/aromatic N) is 1. The summed E-state index contributed by atoms with van der Waals surface area (Å²) < 4.78 is 12.9. The molecule has 1 aromatic heterocycles. The summed E-state index contributed by atoms with van der Waals surface area (Å²) in [4.78, 5) is 15.5. The van der Waals surface area contributed by atoms with E-state index in [0.29, 0.717) is 10.6 Å². The van der Waals surface area contributed by atoms with Crippen LogP contribution >= 0.6 is 11.6 Å². The number of hydrogen-bond acceptors (Lipinski definition) is 2. The smallest absolute Gasteiger partial charge is 0.258 e. The molecule has 18 heavy (non-hydrogen) atoms. The zero-order valence-electron chi connectivity index (χ0n) is 9.58. The lowest BCUT2D eigenvalue weighted by Gasteiger charge is -2.07. The molecule has 0 fully saturated rings. The lowest BCUT2D eigenvalue weighted by molar-refractivity contribution is 0.102. The van der Waals surface area contributed by atoms with Crippen LogP contribution in [0.25, 0.3) is 0 Å². The standard InChI is InChI=1S/C13H10ClFN2O/c1-8-4-2-5-9(12(8)14)13(18)17-11-7-3-6-10(15)16-11/h2-7H,1H3,(H,16,17,18).